The smallest absolute Gasteiger partial charge is 0.305 e. The minimum absolute atomic E-state index is 0.0287. The van der Waals surface area contributed by atoms with Crippen molar-refractivity contribution in [3.8, 4) is 5.75 Å². The summed E-state index contributed by atoms with van der Waals surface area (Å²) in [7, 11) is 0. The summed E-state index contributed by atoms with van der Waals surface area (Å²) in [5.41, 5.74) is 4.79. The molecule has 4 aromatic rings. The highest BCUT2D eigenvalue weighted by Crippen LogP contribution is 2.30. The zero-order valence-corrected chi connectivity index (χ0v) is 25.8. The van der Waals surface area contributed by atoms with Gasteiger partial charge in [-0.05, 0) is 85.9 Å². The number of aromatic nitrogens is 1. The van der Waals surface area contributed by atoms with Gasteiger partial charge in [0.2, 0.25) is 0 Å². The van der Waals surface area contributed by atoms with Crippen LogP contribution in [0.3, 0.4) is 0 Å². The van der Waals surface area contributed by atoms with Crippen molar-refractivity contribution in [3.05, 3.63) is 101 Å². The molecule has 1 aromatic heterocycles. The lowest BCUT2D eigenvalue weighted by Crippen LogP contribution is -2.10. The predicted octanol–water partition coefficient (Wildman–Crippen LogP) is 8.97. The summed E-state index contributed by atoms with van der Waals surface area (Å²) in [5.74, 6) is 1.75. The minimum Gasteiger partial charge on any atom is -0.486 e. The number of esters is 1. The standard InChI is InChI=1S/C37H45NO4/c1-6-41-36(39)12-9-23-38-25-33(32-10-7-8-11-34(32)38)37(40)30-18-20-31(21-19-30)42-35(22-13-26(2)3)29-16-14-28(15-17-29)24-27(4)5/h7-8,10-11,14-21,25-27,35H,6,9,12-13,22-24H2,1-5H3. The van der Waals surface area contributed by atoms with Crippen LogP contribution in [0.2, 0.25) is 0 Å². The molecule has 222 valence electrons. The van der Waals surface area contributed by atoms with Crippen LogP contribution >= 0.6 is 0 Å². The highest BCUT2D eigenvalue weighted by Gasteiger charge is 2.19. The number of ketones is 1. The Morgan fingerprint density at radius 3 is 2.21 bits per heavy atom. The first-order valence-electron chi connectivity index (χ1n) is 15.4. The van der Waals surface area contributed by atoms with E-state index in [0.29, 0.717) is 49.0 Å². The Morgan fingerprint density at radius 2 is 1.55 bits per heavy atom. The van der Waals surface area contributed by atoms with Crippen molar-refractivity contribution in [2.75, 3.05) is 6.61 Å². The first-order chi connectivity index (χ1) is 20.2. The number of rotatable bonds is 15. The van der Waals surface area contributed by atoms with E-state index in [1.165, 1.54) is 11.1 Å². The van der Waals surface area contributed by atoms with Crippen molar-refractivity contribution in [2.45, 2.75) is 79.4 Å². The topological polar surface area (TPSA) is 57.5 Å². The van der Waals surface area contributed by atoms with Crippen LogP contribution in [0.15, 0.2) is 79.0 Å². The van der Waals surface area contributed by atoms with E-state index in [1.54, 1.807) is 0 Å². The first kappa shape index (κ1) is 31.1. The van der Waals surface area contributed by atoms with E-state index in [0.717, 1.165) is 35.9 Å². The molecule has 0 fully saturated rings. The van der Waals surface area contributed by atoms with Gasteiger partial charge in [0.05, 0.1) is 6.61 Å². The predicted molar refractivity (Wildman–Crippen MR) is 170 cm³/mol. The molecule has 0 N–H and O–H groups in total. The first-order valence-corrected chi connectivity index (χ1v) is 15.4. The molecular formula is C37H45NO4. The van der Waals surface area contributed by atoms with Crippen LogP contribution in [0.4, 0.5) is 0 Å². The van der Waals surface area contributed by atoms with Crippen molar-refractivity contribution in [1.82, 2.24) is 4.57 Å². The highest BCUT2D eigenvalue weighted by molar-refractivity contribution is 6.16. The SMILES string of the molecule is CCOC(=O)CCCn1cc(C(=O)c2ccc(OC(CCC(C)C)c3ccc(CC(C)C)cc3)cc2)c2ccccc21. The van der Waals surface area contributed by atoms with E-state index in [2.05, 4.69) is 56.5 Å². The molecule has 5 nitrogen and oxygen atoms in total. The van der Waals surface area contributed by atoms with Gasteiger partial charge in [-0.1, -0.05) is 70.2 Å². The lowest BCUT2D eigenvalue weighted by molar-refractivity contribution is -0.143. The average molecular weight is 568 g/mol. The van der Waals surface area contributed by atoms with E-state index in [9.17, 15) is 9.59 Å². The van der Waals surface area contributed by atoms with Gasteiger partial charge in [0.1, 0.15) is 11.9 Å². The molecule has 0 saturated heterocycles. The third-order valence-corrected chi connectivity index (χ3v) is 7.51. The Kier molecular flexibility index (Phi) is 11.0. The van der Waals surface area contributed by atoms with Crippen LogP contribution in [-0.4, -0.2) is 22.9 Å². The Bertz CT molecular complexity index is 1450. The monoisotopic (exact) mass is 567 g/mol. The summed E-state index contributed by atoms with van der Waals surface area (Å²) in [4.78, 5) is 25.4. The molecule has 1 atom stereocenters. The summed E-state index contributed by atoms with van der Waals surface area (Å²) in [6.45, 7) is 11.8. The maximum atomic E-state index is 13.7. The number of para-hydroxylation sites is 1. The van der Waals surface area contributed by atoms with Crippen molar-refractivity contribution in [2.24, 2.45) is 11.8 Å². The van der Waals surface area contributed by atoms with E-state index >= 15 is 0 Å². The zero-order chi connectivity index (χ0) is 30.1. The van der Waals surface area contributed by atoms with Gasteiger partial charge in [-0.25, -0.2) is 0 Å². The third kappa shape index (κ3) is 8.34. The van der Waals surface area contributed by atoms with Gasteiger partial charge < -0.3 is 14.0 Å². The molecule has 4 rings (SSSR count). The number of fused-ring (bicyclic) bond motifs is 1. The van der Waals surface area contributed by atoms with Gasteiger partial charge in [0.25, 0.3) is 0 Å². The second-order valence-electron chi connectivity index (χ2n) is 11.9. The molecule has 0 amide bonds. The fraction of sp³-hybridized carbons (Fsp3) is 0.405. The van der Waals surface area contributed by atoms with Gasteiger partial charge in [-0.15, -0.1) is 0 Å². The van der Waals surface area contributed by atoms with Crippen molar-refractivity contribution >= 4 is 22.7 Å². The Morgan fingerprint density at radius 1 is 0.833 bits per heavy atom. The van der Waals surface area contributed by atoms with Crippen LogP contribution in [0, 0.1) is 11.8 Å². The number of carbonyl (C=O) groups is 2. The van der Waals surface area contributed by atoms with Crippen molar-refractivity contribution in [1.29, 1.82) is 0 Å². The molecule has 0 radical (unpaired) electrons. The van der Waals surface area contributed by atoms with E-state index < -0.39 is 0 Å². The molecule has 1 heterocycles. The fourth-order valence-electron chi connectivity index (χ4n) is 5.36. The summed E-state index contributed by atoms with van der Waals surface area (Å²) in [5, 5.41) is 0.911. The third-order valence-electron chi connectivity index (χ3n) is 7.51. The summed E-state index contributed by atoms with van der Waals surface area (Å²) in [6, 6.07) is 24.3. The van der Waals surface area contributed by atoms with Crippen LogP contribution in [0.1, 0.15) is 93.5 Å². The quantitative estimate of drug-likeness (QED) is 0.106. The molecule has 0 aliphatic heterocycles. The van der Waals surface area contributed by atoms with Gasteiger partial charge in [0.15, 0.2) is 5.78 Å². The summed E-state index contributed by atoms with van der Waals surface area (Å²) in [6.07, 6.45) is 5.93. The van der Waals surface area contributed by atoms with Gasteiger partial charge >= 0.3 is 5.97 Å². The van der Waals surface area contributed by atoms with Gasteiger partial charge in [-0.2, -0.15) is 0 Å². The number of nitrogens with zero attached hydrogens (tertiary/aromatic N) is 1. The molecule has 0 aliphatic carbocycles. The van der Waals surface area contributed by atoms with Gasteiger partial charge in [0, 0.05) is 41.2 Å². The molecule has 42 heavy (non-hydrogen) atoms. The van der Waals surface area contributed by atoms with E-state index in [4.69, 9.17) is 9.47 Å². The molecule has 5 heteroatoms. The number of benzene rings is 3. The summed E-state index contributed by atoms with van der Waals surface area (Å²) >= 11 is 0. The highest BCUT2D eigenvalue weighted by atomic mass is 16.5. The molecule has 1 unspecified atom stereocenters. The number of carbonyl (C=O) groups excluding carboxylic acids is 2. The number of aryl methyl sites for hydroxylation is 1. The Hall–Kier alpha value is -3.86. The number of hydrogen-bond donors (Lipinski definition) is 0. The van der Waals surface area contributed by atoms with Crippen molar-refractivity contribution in [3.63, 3.8) is 0 Å². The lowest BCUT2D eigenvalue weighted by atomic mass is 9.96. The van der Waals surface area contributed by atoms with Gasteiger partial charge in [-0.3, -0.25) is 9.59 Å². The second kappa shape index (κ2) is 14.9. The molecule has 0 bridgehead atoms. The maximum absolute atomic E-state index is 13.7. The molecule has 0 spiro atoms. The normalized spacial score (nSPS) is 12.2. The molecule has 0 saturated carbocycles. The fourth-order valence-corrected chi connectivity index (χ4v) is 5.36. The number of ether oxygens (including phenoxy) is 2. The molecular weight excluding hydrogens is 522 g/mol. The zero-order valence-electron chi connectivity index (χ0n) is 25.8. The van der Waals surface area contributed by atoms with Crippen LogP contribution in [0.5, 0.6) is 5.75 Å². The molecule has 3 aromatic carbocycles. The van der Waals surface area contributed by atoms with Crippen LogP contribution in [-0.2, 0) is 22.5 Å². The largest absolute Gasteiger partial charge is 0.486 e. The second-order valence-corrected chi connectivity index (χ2v) is 11.9. The van der Waals surface area contributed by atoms with Crippen LogP contribution in [0.25, 0.3) is 10.9 Å². The lowest BCUT2D eigenvalue weighted by Gasteiger charge is -2.21. The minimum atomic E-state index is -0.192. The average Bonchev–Trinajstić information content (AvgIpc) is 3.34. The summed E-state index contributed by atoms with van der Waals surface area (Å²) < 4.78 is 13.6. The van der Waals surface area contributed by atoms with E-state index in [-0.39, 0.29) is 17.9 Å². The Labute approximate surface area is 250 Å². The Balaban J connectivity index is 1.49. The number of hydrogen-bond acceptors (Lipinski definition) is 4. The van der Waals surface area contributed by atoms with Crippen LogP contribution < -0.4 is 4.74 Å². The van der Waals surface area contributed by atoms with E-state index in [1.807, 2.05) is 61.7 Å². The maximum Gasteiger partial charge on any atom is 0.305 e. The molecule has 0 aliphatic rings. The van der Waals surface area contributed by atoms with Crippen molar-refractivity contribution < 1.29 is 19.1 Å².